The van der Waals surface area contributed by atoms with Crippen LogP contribution < -0.4 is 0 Å². The Balaban J connectivity index is 2.03. The lowest BCUT2D eigenvalue weighted by Crippen LogP contribution is -2.34. The standard InChI is InChI=1S/C10H16O2/c1-12-10-6-8-4-2-3-7(8)5-9(10)11/h7-8,10H,2-6H2,1H3/t7-,8-,10+/m0/s1. The molecule has 2 aliphatic carbocycles. The van der Waals surface area contributed by atoms with Gasteiger partial charge in [0.15, 0.2) is 5.78 Å². The Bertz CT molecular complexity index is 188. The van der Waals surface area contributed by atoms with E-state index in [4.69, 9.17) is 4.74 Å². The molecule has 0 amide bonds. The van der Waals surface area contributed by atoms with Crippen molar-refractivity contribution in [1.29, 1.82) is 0 Å². The first kappa shape index (κ1) is 8.24. The average Bonchev–Trinajstić information content (AvgIpc) is 2.49. The second-order valence-electron chi connectivity index (χ2n) is 4.08. The Morgan fingerprint density at radius 1 is 1.33 bits per heavy atom. The number of hydrogen-bond acceptors (Lipinski definition) is 2. The maximum absolute atomic E-state index is 11.4. The molecule has 0 bridgehead atoms. The molecule has 0 aromatic rings. The van der Waals surface area contributed by atoms with Gasteiger partial charge in [0, 0.05) is 13.5 Å². The van der Waals surface area contributed by atoms with E-state index in [9.17, 15) is 4.79 Å². The van der Waals surface area contributed by atoms with Crippen LogP contribution >= 0.6 is 0 Å². The Kier molecular flexibility index (Phi) is 2.18. The first-order valence-corrected chi connectivity index (χ1v) is 4.86. The monoisotopic (exact) mass is 168 g/mol. The molecule has 0 radical (unpaired) electrons. The number of methoxy groups -OCH3 is 1. The highest BCUT2D eigenvalue weighted by atomic mass is 16.5. The van der Waals surface area contributed by atoms with Gasteiger partial charge in [0.1, 0.15) is 6.10 Å². The molecule has 0 unspecified atom stereocenters. The number of carbonyl (C=O) groups is 1. The molecule has 0 N–H and O–H groups in total. The predicted octanol–water partition coefficient (Wildman–Crippen LogP) is 1.78. The van der Waals surface area contributed by atoms with E-state index in [1.807, 2.05) is 0 Å². The molecule has 2 heteroatoms. The van der Waals surface area contributed by atoms with Crippen LogP contribution in [0, 0.1) is 11.8 Å². The topological polar surface area (TPSA) is 26.3 Å². The highest BCUT2D eigenvalue weighted by Crippen LogP contribution is 2.41. The van der Waals surface area contributed by atoms with Crippen LogP contribution in [0.1, 0.15) is 32.1 Å². The molecule has 0 spiro atoms. The van der Waals surface area contributed by atoms with E-state index >= 15 is 0 Å². The minimum atomic E-state index is -0.0793. The van der Waals surface area contributed by atoms with E-state index in [1.165, 1.54) is 19.3 Å². The van der Waals surface area contributed by atoms with Gasteiger partial charge in [0.05, 0.1) is 0 Å². The molecule has 68 valence electrons. The second-order valence-corrected chi connectivity index (χ2v) is 4.08. The van der Waals surface area contributed by atoms with Gasteiger partial charge in [0.2, 0.25) is 0 Å². The predicted molar refractivity (Wildman–Crippen MR) is 45.9 cm³/mol. The largest absolute Gasteiger partial charge is 0.374 e. The van der Waals surface area contributed by atoms with Gasteiger partial charge in [-0.3, -0.25) is 4.79 Å². The molecule has 0 aromatic heterocycles. The van der Waals surface area contributed by atoms with Gasteiger partial charge in [-0.05, 0) is 24.7 Å². The van der Waals surface area contributed by atoms with Gasteiger partial charge in [-0.15, -0.1) is 0 Å². The number of ether oxygens (including phenoxy) is 1. The highest BCUT2D eigenvalue weighted by molar-refractivity contribution is 5.84. The van der Waals surface area contributed by atoms with Gasteiger partial charge in [-0.25, -0.2) is 0 Å². The minimum absolute atomic E-state index is 0.0793. The second kappa shape index (κ2) is 3.17. The summed E-state index contributed by atoms with van der Waals surface area (Å²) in [5, 5.41) is 0. The lowest BCUT2D eigenvalue weighted by molar-refractivity contribution is -0.134. The molecule has 0 aromatic carbocycles. The lowest BCUT2D eigenvalue weighted by atomic mass is 9.79. The highest BCUT2D eigenvalue weighted by Gasteiger charge is 2.38. The van der Waals surface area contributed by atoms with Crippen molar-refractivity contribution in [2.45, 2.75) is 38.2 Å². The summed E-state index contributed by atoms with van der Waals surface area (Å²) in [4.78, 5) is 11.4. The fourth-order valence-electron chi connectivity index (χ4n) is 2.72. The van der Waals surface area contributed by atoms with Crippen molar-refractivity contribution in [3.63, 3.8) is 0 Å². The van der Waals surface area contributed by atoms with Crippen molar-refractivity contribution in [3.8, 4) is 0 Å². The molecule has 2 rings (SSSR count). The third-order valence-electron chi connectivity index (χ3n) is 3.44. The summed E-state index contributed by atoms with van der Waals surface area (Å²) in [5.41, 5.74) is 0. The number of rotatable bonds is 1. The number of hydrogen-bond donors (Lipinski definition) is 0. The van der Waals surface area contributed by atoms with Crippen LogP contribution in [-0.4, -0.2) is 19.0 Å². The van der Waals surface area contributed by atoms with Gasteiger partial charge >= 0.3 is 0 Å². The molecule has 2 saturated carbocycles. The zero-order valence-electron chi connectivity index (χ0n) is 7.58. The molecule has 0 saturated heterocycles. The van der Waals surface area contributed by atoms with Crippen LogP contribution in [0.2, 0.25) is 0 Å². The molecular formula is C10H16O2. The van der Waals surface area contributed by atoms with E-state index in [2.05, 4.69) is 0 Å². The third kappa shape index (κ3) is 1.28. The Morgan fingerprint density at radius 3 is 2.83 bits per heavy atom. The van der Waals surface area contributed by atoms with Crippen molar-refractivity contribution < 1.29 is 9.53 Å². The summed E-state index contributed by atoms with van der Waals surface area (Å²) < 4.78 is 5.16. The number of ketones is 1. The molecular weight excluding hydrogens is 152 g/mol. The van der Waals surface area contributed by atoms with Gasteiger partial charge in [-0.1, -0.05) is 12.8 Å². The minimum Gasteiger partial charge on any atom is -0.374 e. The normalized spacial score (nSPS) is 41.4. The first-order chi connectivity index (χ1) is 5.81. The SMILES string of the molecule is CO[C@@H]1C[C@@H]2CCC[C@H]2CC1=O. The van der Waals surface area contributed by atoms with Crippen molar-refractivity contribution >= 4 is 5.78 Å². The summed E-state index contributed by atoms with van der Waals surface area (Å²) in [6, 6.07) is 0. The molecule has 2 nitrogen and oxygen atoms in total. The average molecular weight is 168 g/mol. The van der Waals surface area contributed by atoms with E-state index in [0.717, 1.165) is 18.8 Å². The Hall–Kier alpha value is -0.370. The van der Waals surface area contributed by atoms with Crippen LogP contribution in [0.25, 0.3) is 0 Å². The lowest BCUT2D eigenvalue weighted by Gasteiger charge is -2.29. The van der Waals surface area contributed by atoms with E-state index < -0.39 is 0 Å². The Morgan fingerprint density at radius 2 is 2.08 bits per heavy atom. The van der Waals surface area contributed by atoms with E-state index in [-0.39, 0.29) is 6.10 Å². The maximum Gasteiger partial charge on any atom is 0.161 e. The zero-order valence-corrected chi connectivity index (χ0v) is 7.58. The van der Waals surface area contributed by atoms with Crippen LogP contribution in [0.4, 0.5) is 0 Å². The summed E-state index contributed by atoms with van der Waals surface area (Å²) in [5.74, 6) is 1.82. The van der Waals surface area contributed by atoms with Gasteiger partial charge in [-0.2, -0.15) is 0 Å². The molecule has 2 aliphatic rings. The third-order valence-corrected chi connectivity index (χ3v) is 3.44. The van der Waals surface area contributed by atoms with Crippen LogP contribution in [0.3, 0.4) is 0 Å². The molecule has 2 fully saturated rings. The van der Waals surface area contributed by atoms with Crippen LogP contribution in [0.15, 0.2) is 0 Å². The summed E-state index contributed by atoms with van der Waals surface area (Å²) >= 11 is 0. The molecule has 0 aliphatic heterocycles. The fraction of sp³-hybridized carbons (Fsp3) is 0.900. The summed E-state index contributed by atoms with van der Waals surface area (Å²) in [6.07, 6.45) is 5.59. The van der Waals surface area contributed by atoms with Crippen LogP contribution in [-0.2, 0) is 9.53 Å². The van der Waals surface area contributed by atoms with Gasteiger partial charge < -0.3 is 4.74 Å². The van der Waals surface area contributed by atoms with Crippen molar-refractivity contribution in [3.05, 3.63) is 0 Å². The smallest absolute Gasteiger partial charge is 0.161 e. The fourth-order valence-corrected chi connectivity index (χ4v) is 2.72. The summed E-state index contributed by atoms with van der Waals surface area (Å²) in [6.45, 7) is 0. The van der Waals surface area contributed by atoms with Gasteiger partial charge in [0.25, 0.3) is 0 Å². The van der Waals surface area contributed by atoms with Crippen molar-refractivity contribution in [2.75, 3.05) is 7.11 Å². The summed E-state index contributed by atoms with van der Waals surface area (Å²) in [7, 11) is 1.65. The molecule has 3 atom stereocenters. The van der Waals surface area contributed by atoms with Crippen molar-refractivity contribution in [2.24, 2.45) is 11.8 Å². The zero-order chi connectivity index (χ0) is 8.55. The maximum atomic E-state index is 11.4. The first-order valence-electron chi connectivity index (χ1n) is 4.86. The van der Waals surface area contributed by atoms with Crippen LogP contribution in [0.5, 0.6) is 0 Å². The molecule has 0 heterocycles. The quantitative estimate of drug-likeness (QED) is 0.596. The van der Waals surface area contributed by atoms with E-state index in [1.54, 1.807) is 7.11 Å². The Labute approximate surface area is 73.3 Å². The molecule has 12 heavy (non-hydrogen) atoms. The van der Waals surface area contributed by atoms with E-state index in [0.29, 0.717) is 11.7 Å². The van der Waals surface area contributed by atoms with Crippen molar-refractivity contribution in [1.82, 2.24) is 0 Å². The number of carbonyl (C=O) groups excluding carboxylic acids is 1. The number of Topliss-reactive ketones (excluding diaryl/α,β-unsaturated/α-hetero) is 1. The number of fused-ring (bicyclic) bond motifs is 1.